The molecule has 0 atom stereocenters. The number of benzene rings is 1. The van der Waals surface area contributed by atoms with Gasteiger partial charge >= 0.3 is 0 Å². The summed E-state index contributed by atoms with van der Waals surface area (Å²) in [5.41, 5.74) is 0.766. The Bertz CT molecular complexity index is 331. The van der Waals surface area contributed by atoms with Gasteiger partial charge in [-0.1, -0.05) is 28.1 Å². The molecule has 13 heavy (non-hydrogen) atoms. The molecule has 1 aliphatic rings. The molecule has 0 aromatic heterocycles. The van der Waals surface area contributed by atoms with Crippen molar-refractivity contribution in [3.8, 4) is 0 Å². The van der Waals surface area contributed by atoms with Crippen molar-refractivity contribution < 1.29 is 9.53 Å². The maximum absolute atomic E-state index is 11.7. The summed E-state index contributed by atoms with van der Waals surface area (Å²) in [6, 6.07) is 7.47. The van der Waals surface area contributed by atoms with E-state index >= 15 is 0 Å². The van der Waals surface area contributed by atoms with Crippen molar-refractivity contribution in [1.82, 2.24) is 0 Å². The molecular formula is C10H9BrO2. The maximum Gasteiger partial charge on any atom is 0.170 e. The van der Waals surface area contributed by atoms with Gasteiger partial charge in [-0.3, -0.25) is 4.79 Å². The van der Waals surface area contributed by atoms with Crippen LogP contribution in [0.25, 0.3) is 0 Å². The predicted molar refractivity (Wildman–Crippen MR) is 52.8 cm³/mol. The van der Waals surface area contributed by atoms with Gasteiger partial charge in [0.2, 0.25) is 0 Å². The van der Waals surface area contributed by atoms with E-state index in [1.54, 1.807) is 0 Å². The van der Waals surface area contributed by atoms with Crippen LogP contribution in [0.2, 0.25) is 0 Å². The summed E-state index contributed by atoms with van der Waals surface area (Å²) in [5, 5.41) is 0. The molecule has 0 bridgehead atoms. The van der Waals surface area contributed by atoms with Crippen LogP contribution in [-0.4, -0.2) is 19.0 Å². The molecule has 2 rings (SSSR count). The monoisotopic (exact) mass is 240 g/mol. The highest BCUT2D eigenvalue weighted by Crippen LogP contribution is 2.19. The highest BCUT2D eigenvalue weighted by Gasteiger charge is 2.27. The molecule has 0 spiro atoms. The first-order valence-electron chi connectivity index (χ1n) is 4.15. The minimum Gasteiger partial charge on any atom is -0.380 e. The zero-order chi connectivity index (χ0) is 9.26. The topological polar surface area (TPSA) is 26.3 Å². The summed E-state index contributed by atoms with van der Waals surface area (Å²) in [4.78, 5) is 11.7. The second-order valence-electron chi connectivity index (χ2n) is 3.11. The average molecular weight is 241 g/mol. The van der Waals surface area contributed by atoms with E-state index in [2.05, 4.69) is 15.9 Å². The van der Waals surface area contributed by atoms with E-state index in [1.165, 1.54) is 0 Å². The van der Waals surface area contributed by atoms with Crippen LogP contribution in [0.5, 0.6) is 0 Å². The maximum atomic E-state index is 11.7. The van der Waals surface area contributed by atoms with Crippen LogP contribution >= 0.6 is 15.9 Å². The van der Waals surface area contributed by atoms with Crippen molar-refractivity contribution in [2.45, 2.75) is 0 Å². The zero-order valence-electron chi connectivity index (χ0n) is 7.00. The molecule has 0 aliphatic carbocycles. The van der Waals surface area contributed by atoms with E-state index in [0.29, 0.717) is 13.2 Å². The van der Waals surface area contributed by atoms with Gasteiger partial charge in [0.05, 0.1) is 19.1 Å². The molecule has 68 valence electrons. The number of hydrogen-bond acceptors (Lipinski definition) is 2. The van der Waals surface area contributed by atoms with E-state index in [4.69, 9.17) is 4.74 Å². The molecule has 1 heterocycles. The van der Waals surface area contributed by atoms with Crippen molar-refractivity contribution in [2.75, 3.05) is 13.2 Å². The second kappa shape index (κ2) is 3.60. The average Bonchev–Trinajstić information content (AvgIpc) is 2.01. The fourth-order valence-electron chi connectivity index (χ4n) is 1.26. The Morgan fingerprint density at radius 3 is 2.77 bits per heavy atom. The molecule has 0 saturated carbocycles. The second-order valence-corrected chi connectivity index (χ2v) is 4.02. The largest absolute Gasteiger partial charge is 0.380 e. The lowest BCUT2D eigenvalue weighted by atomic mass is 9.96. The molecule has 0 amide bonds. The van der Waals surface area contributed by atoms with Crippen molar-refractivity contribution in [1.29, 1.82) is 0 Å². The van der Waals surface area contributed by atoms with Gasteiger partial charge in [-0.15, -0.1) is 0 Å². The number of rotatable bonds is 2. The minimum absolute atomic E-state index is 0.0781. The summed E-state index contributed by atoms with van der Waals surface area (Å²) in [5.74, 6) is 0.266. The Hall–Kier alpha value is -0.670. The van der Waals surface area contributed by atoms with Crippen LogP contribution < -0.4 is 0 Å². The van der Waals surface area contributed by atoms with Gasteiger partial charge in [0.1, 0.15) is 0 Å². The zero-order valence-corrected chi connectivity index (χ0v) is 8.58. The molecular weight excluding hydrogens is 232 g/mol. The van der Waals surface area contributed by atoms with Crippen LogP contribution in [0.1, 0.15) is 10.4 Å². The molecule has 3 heteroatoms. The number of carbonyl (C=O) groups is 1. The fraction of sp³-hybridized carbons (Fsp3) is 0.300. The number of carbonyl (C=O) groups excluding carboxylic acids is 1. The Morgan fingerprint density at radius 1 is 1.46 bits per heavy atom. The number of hydrogen-bond donors (Lipinski definition) is 0. The molecule has 1 aromatic rings. The normalized spacial score (nSPS) is 16.7. The van der Waals surface area contributed by atoms with Crippen LogP contribution in [0.4, 0.5) is 0 Å². The SMILES string of the molecule is O=C(c1cccc(Br)c1)C1COC1. The predicted octanol–water partition coefficient (Wildman–Crippen LogP) is 2.28. The smallest absolute Gasteiger partial charge is 0.170 e. The van der Waals surface area contributed by atoms with Crippen LogP contribution in [0.15, 0.2) is 28.7 Å². The number of ether oxygens (including phenoxy) is 1. The molecule has 1 aromatic carbocycles. The minimum atomic E-state index is 0.0781. The highest BCUT2D eigenvalue weighted by atomic mass is 79.9. The standard InChI is InChI=1S/C10H9BrO2/c11-9-3-1-2-7(4-9)10(12)8-5-13-6-8/h1-4,8H,5-6H2. The van der Waals surface area contributed by atoms with Gasteiger partial charge in [-0.25, -0.2) is 0 Å². The van der Waals surface area contributed by atoms with Gasteiger partial charge < -0.3 is 4.74 Å². The first-order valence-corrected chi connectivity index (χ1v) is 4.94. The van der Waals surface area contributed by atoms with Crippen molar-refractivity contribution in [3.05, 3.63) is 34.3 Å². The number of Topliss-reactive ketones (excluding diaryl/α,β-unsaturated/α-hetero) is 1. The molecule has 0 unspecified atom stereocenters. The molecule has 0 N–H and O–H groups in total. The van der Waals surface area contributed by atoms with Gasteiger partial charge in [-0.05, 0) is 12.1 Å². The van der Waals surface area contributed by atoms with Gasteiger partial charge in [-0.2, -0.15) is 0 Å². The molecule has 1 saturated heterocycles. The summed E-state index contributed by atoms with van der Waals surface area (Å²) in [6.45, 7) is 1.15. The molecule has 2 nitrogen and oxygen atoms in total. The summed E-state index contributed by atoms with van der Waals surface area (Å²) >= 11 is 3.34. The van der Waals surface area contributed by atoms with E-state index < -0.39 is 0 Å². The lowest BCUT2D eigenvalue weighted by molar-refractivity contribution is -0.0194. The van der Waals surface area contributed by atoms with E-state index in [9.17, 15) is 4.79 Å². The third-order valence-electron chi connectivity index (χ3n) is 2.12. The lowest BCUT2D eigenvalue weighted by Gasteiger charge is -2.24. The first kappa shape index (κ1) is 8.91. The van der Waals surface area contributed by atoms with E-state index in [0.717, 1.165) is 10.0 Å². The fourth-order valence-corrected chi connectivity index (χ4v) is 1.66. The van der Waals surface area contributed by atoms with Gasteiger partial charge in [0.25, 0.3) is 0 Å². The number of halogens is 1. The molecule has 0 radical (unpaired) electrons. The van der Waals surface area contributed by atoms with Crippen molar-refractivity contribution >= 4 is 21.7 Å². The Balaban J connectivity index is 2.19. The Morgan fingerprint density at radius 2 is 2.23 bits per heavy atom. The summed E-state index contributed by atoms with van der Waals surface area (Å²) in [7, 11) is 0. The van der Waals surface area contributed by atoms with Gasteiger partial charge in [0.15, 0.2) is 5.78 Å². The Kier molecular flexibility index (Phi) is 2.47. The third-order valence-corrected chi connectivity index (χ3v) is 2.61. The molecule has 1 fully saturated rings. The number of ketones is 1. The van der Waals surface area contributed by atoms with E-state index in [1.807, 2.05) is 24.3 Å². The van der Waals surface area contributed by atoms with Crippen LogP contribution in [0.3, 0.4) is 0 Å². The molecule has 1 aliphatic heterocycles. The van der Waals surface area contributed by atoms with Crippen molar-refractivity contribution in [2.24, 2.45) is 5.92 Å². The first-order chi connectivity index (χ1) is 6.27. The highest BCUT2D eigenvalue weighted by molar-refractivity contribution is 9.10. The summed E-state index contributed by atoms with van der Waals surface area (Å²) in [6.07, 6.45) is 0. The summed E-state index contributed by atoms with van der Waals surface area (Å²) < 4.78 is 5.92. The van der Waals surface area contributed by atoms with Gasteiger partial charge in [0, 0.05) is 10.0 Å². The van der Waals surface area contributed by atoms with E-state index in [-0.39, 0.29) is 11.7 Å². The van der Waals surface area contributed by atoms with Crippen LogP contribution in [0, 0.1) is 5.92 Å². The van der Waals surface area contributed by atoms with Crippen molar-refractivity contribution in [3.63, 3.8) is 0 Å². The third kappa shape index (κ3) is 1.81. The van der Waals surface area contributed by atoms with Crippen LogP contribution in [-0.2, 0) is 4.74 Å². The lowest BCUT2D eigenvalue weighted by Crippen LogP contribution is -2.34. The Labute approximate surface area is 85.0 Å². The quantitative estimate of drug-likeness (QED) is 0.742.